The van der Waals surface area contributed by atoms with Crippen LogP contribution in [-0.4, -0.2) is 25.9 Å². The summed E-state index contributed by atoms with van der Waals surface area (Å²) in [5, 5.41) is 9.70. The Morgan fingerprint density at radius 1 is 0.576 bits per heavy atom. The van der Waals surface area contributed by atoms with E-state index in [-0.39, 0.29) is 0 Å². The highest BCUT2D eigenvalue weighted by Gasteiger charge is 2.29. The normalized spacial score (nSPS) is 12.1. The maximum Gasteiger partial charge on any atom is 0.198 e. The van der Waals surface area contributed by atoms with Gasteiger partial charge in [-0.1, -0.05) is 96.5 Å². The highest BCUT2D eigenvalue weighted by atomic mass is 16.3. The second kappa shape index (κ2) is 12.8. The number of hydrogen-bond acceptors (Lipinski definition) is 4. The number of anilines is 3. The zero-order chi connectivity index (χ0) is 39.4. The Labute approximate surface area is 342 Å². The average Bonchev–Trinajstić information content (AvgIpc) is 3.96. The predicted octanol–water partition coefficient (Wildman–Crippen LogP) is 12.2. The van der Waals surface area contributed by atoms with Gasteiger partial charge in [-0.15, -0.1) is 0 Å². The van der Waals surface area contributed by atoms with Crippen molar-refractivity contribution in [2.75, 3.05) is 24.3 Å². The smallest absolute Gasteiger partial charge is 0.198 e. The molecule has 1 aliphatic rings. The van der Waals surface area contributed by atoms with Crippen molar-refractivity contribution in [3.63, 3.8) is 0 Å². The fourth-order valence-electron chi connectivity index (χ4n) is 9.46. The molecule has 12 rings (SSSR count). The number of aryl methyl sites for hydroxylation is 1. The molecule has 11 aromatic rings. The van der Waals surface area contributed by atoms with E-state index in [9.17, 15) is 0 Å². The van der Waals surface area contributed by atoms with Gasteiger partial charge in [0.2, 0.25) is 0 Å². The lowest BCUT2D eigenvalue weighted by Gasteiger charge is -2.24. The van der Waals surface area contributed by atoms with Crippen LogP contribution in [0.4, 0.5) is 17.1 Å². The van der Waals surface area contributed by atoms with Gasteiger partial charge in [-0.05, 0) is 101 Å². The molecule has 0 radical (unpaired) electrons. The van der Waals surface area contributed by atoms with Crippen LogP contribution in [0.2, 0.25) is 0 Å². The van der Waals surface area contributed by atoms with Crippen LogP contribution in [0, 0.1) is 6.92 Å². The van der Waals surface area contributed by atoms with Crippen molar-refractivity contribution in [1.29, 1.82) is 0 Å². The van der Waals surface area contributed by atoms with Crippen molar-refractivity contribution >= 4 is 90.0 Å². The average molecular weight is 760 g/mol. The van der Waals surface area contributed by atoms with Crippen molar-refractivity contribution in [2.45, 2.75) is 6.92 Å². The molecule has 0 spiro atoms. The number of rotatable bonds is 6. The molecule has 8 aromatic carbocycles. The SMILES string of the molecule is Cc1cc(-c2cc3c(cc2Nc2ccc(N(C)C)cc2)oc2ccccc23)c2c3c1c1cc(-c4ccccc4)ccc1n3-c1cc3cc(-c4ccccc4)oc3cc1B2. The van der Waals surface area contributed by atoms with E-state index in [1.165, 1.54) is 60.7 Å². The first-order valence-corrected chi connectivity index (χ1v) is 20.2. The molecule has 59 heavy (non-hydrogen) atoms. The van der Waals surface area contributed by atoms with Crippen LogP contribution in [0.25, 0.3) is 94.0 Å². The lowest BCUT2D eigenvalue weighted by Crippen LogP contribution is -2.37. The summed E-state index contributed by atoms with van der Waals surface area (Å²) in [6, 6.07) is 58.8. The Morgan fingerprint density at radius 3 is 2.14 bits per heavy atom. The summed E-state index contributed by atoms with van der Waals surface area (Å²) >= 11 is 0. The molecule has 1 N–H and O–H groups in total. The van der Waals surface area contributed by atoms with Crippen LogP contribution in [0.15, 0.2) is 173 Å². The fourth-order valence-corrected chi connectivity index (χ4v) is 9.46. The van der Waals surface area contributed by atoms with Gasteiger partial charge >= 0.3 is 0 Å². The van der Waals surface area contributed by atoms with Crippen molar-refractivity contribution < 1.29 is 8.83 Å². The Bertz CT molecular complexity index is 3470. The van der Waals surface area contributed by atoms with Crippen LogP contribution in [-0.2, 0) is 0 Å². The summed E-state index contributed by atoms with van der Waals surface area (Å²) < 4.78 is 15.6. The summed E-state index contributed by atoms with van der Waals surface area (Å²) in [5.74, 6) is 0.877. The molecule has 6 heteroatoms. The Balaban J connectivity index is 1.14. The molecule has 0 fully saturated rings. The van der Waals surface area contributed by atoms with Gasteiger partial charge < -0.3 is 23.6 Å². The molecule has 0 saturated heterocycles. The fraction of sp³-hybridized carbons (Fsp3) is 0.0566. The molecule has 4 heterocycles. The molecule has 1 aliphatic heterocycles. The van der Waals surface area contributed by atoms with Gasteiger partial charge in [0.1, 0.15) is 22.5 Å². The molecule has 0 saturated carbocycles. The number of furan rings is 2. The van der Waals surface area contributed by atoms with Crippen LogP contribution in [0.1, 0.15) is 5.56 Å². The standard InChI is InChI=1S/C53H38BN3O2/c1-31-24-41(39-28-40-38-16-10-11-17-47(38)58-50(40)30-44(39)55-36-19-21-37(22-20-36)56(2)3)52-53-51(31)42-25-34(32-12-6-4-7-13-32)18-23-45(42)57(53)46-26-35-27-48(33-14-8-5-9-15-33)59-49(35)29-43(46)54-52/h4-30,54-55H,1-3H3. The molecule has 5 nitrogen and oxygen atoms in total. The zero-order valence-electron chi connectivity index (χ0n) is 33.0. The van der Waals surface area contributed by atoms with E-state index in [0.717, 1.165) is 74.1 Å². The number of benzene rings is 8. The summed E-state index contributed by atoms with van der Waals surface area (Å²) in [7, 11) is 4.89. The van der Waals surface area contributed by atoms with Crippen molar-refractivity contribution in [2.24, 2.45) is 0 Å². The van der Waals surface area contributed by atoms with E-state index in [1.54, 1.807) is 0 Å². The van der Waals surface area contributed by atoms with Gasteiger partial charge in [0, 0.05) is 80.8 Å². The second-order valence-electron chi connectivity index (χ2n) is 16.1. The number of nitrogens with zero attached hydrogens (tertiary/aromatic N) is 2. The highest BCUT2D eigenvalue weighted by Crippen LogP contribution is 2.43. The van der Waals surface area contributed by atoms with Crippen LogP contribution in [0.5, 0.6) is 0 Å². The molecule has 0 unspecified atom stereocenters. The Kier molecular flexibility index (Phi) is 7.30. The van der Waals surface area contributed by atoms with Gasteiger partial charge in [0.15, 0.2) is 7.28 Å². The van der Waals surface area contributed by atoms with Gasteiger partial charge in [0.25, 0.3) is 0 Å². The number of aromatic nitrogens is 1. The number of para-hydroxylation sites is 1. The lowest BCUT2D eigenvalue weighted by molar-refractivity contribution is 0.632. The third-order valence-corrected chi connectivity index (χ3v) is 12.3. The summed E-state index contributed by atoms with van der Waals surface area (Å²) in [6.07, 6.45) is 0. The van der Waals surface area contributed by atoms with Gasteiger partial charge in [-0.2, -0.15) is 0 Å². The molecular formula is C53H38BN3O2. The number of hydrogen-bond donors (Lipinski definition) is 1. The van der Waals surface area contributed by atoms with E-state index in [1.807, 2.05) is 12.1 Å². The minimum atomic E-state index is 0.752. The van der Waals surface area contributed by atoms with Crippen LogP contribution < -0.4 is 21.1 Å². The van der Waals surface area contributed by atoms with Gasteiger partial charge in [0.05, 0.1) is 11.2 Å². The van der Waals surface area contributed by atoms with Crippen molar-refractivity contribution in [3.05, 3.63) is 169 Å². The van der Waals surface area contributed by atoms with E-state index in [4.69, 9.17) is 8.83 Å². The van der Waals surface area contributed by atoms with E-state index in [2.05, 4.69) is 187 Å². The first-order chi connectivity index (χ1) is 28.9. The predicted molar refractivity (Wildman–Crippen MR) is 249 cm³/mol. The van der Waals surface area contributed by atoms with Crippen molar-refractivity contribution in [3.8, 4) is 39.3 Å². The first-order valence-electron chi connectivity index (χ1n) is 20.2. The minimum Gasteiger partial charge on any atom is -0.456 e. The molecule has 0 bridgehead atoms. The number of fused-ring (bicyclic) bond motifs is 9. The Morgan fingerprint density at radius 2 is 1.34 bits per heavy atom. The quantitative estimate of drug-likeness (QED) is 0.172. The summed E-state index contributed by atoms with van der Waals surface area (Å²) in [5.41, 5.74) is 19.1. The lowest BCUT2D eigenvalue weighted by atomic mass is 9.58. The number of nitrogens with one attached hydrogen (secondary N) is 1. The van der Waals surface area contributed by atoms with E-state index >= 15 is 0 Å². The third-order valence-electron chi connectivity index (χ3n) is 12.3. The molecule has 3 aromatic heterocycles. The topological polar surface area (TPSA) is 46.5 Å². The first kappa shape index (κ1) is 33.7. The molecule has 0 aliphatic carbocycles. The summed E-state index contributed by atoms with van der Waals surface area (Å²) in [6.45, 7) is 2.28. The van der Waals surface area contributed by atoms with Crippen LogP contribution in [0.3, 0.4) is 0 Å². The van der Waals surface area contributed by atoms with E-state index in [0.29, 0.717) is 0 Å². The Hall–Kier alpha value is -7.44. The molecule has 280 valence electrons. The molecule has 0 amide bonds. The molecule has 0 atom stereocenters. The zero-order valence-corrected chi connectivity index (χ0v) is 33.0. The minimum absolute atomic E-state index is 0.752. The second-order valence-corrected chi connectivity index (χ2v) is 16.1. The van der Waals surface area contributed by atoms with Gasteiger partial charge in [-0.3, -0.25) is 0 Å². The third kappa shape index (κ3) is 5.26. The summed E-state index contributed by atoms with van der Waals surface area (Å²) in [4.78, 5) is 2.12. The largest absolute Gasteiger partial charge is 0.456 e. The van der Waals surface area contributed by atoms with Gasteiger partial charge in [-0.25, -0.2) is 0 Å². The maximum atomic E-state index is 6.61. The monoisotopic (exact) mass is 759 g/mol. The maximum absolute atomic E-state index is 6.61. The van der Waals surface area contributed by atoms with Crippen molar-refractivity contribution in [1.82, 2.24) is 4.57 Å². The molecular weight excluding hydrogens is 721 g/mol. The highest BCUT2D eigenvalue weighted by molar-refractivity contribution is 6.73. The van der Waals surface area contributed by atoms with Crippen LogP contribution >= 0.6 is 0 Å². The van der Waals surface area contributed by atoms with E-state index < -0.39 is 0 Å².